The van der Waals surface area contributed by atoms with Gasteiger partial charge in [0.25, 0.3) is 0 Å². The van der Waals surface area contributed by atoms with E-state index in [1.807, 2.05) is 66.0 Å². The number of aryl methyl sites for hydroxylation is 1. The lowest BCUT2D eigenvalue weighted by Crippen LogP contribution is -2.09. The van der Waals surface area contributed by atoms with Crippen LogP contribution in [0.25, 0.3) is 28.3 Å². The Morgan fingerprint density at radius 3 is 2.66 bits per heavy atom. The molecular weight excluding hydrogens is 392 g/mol. The zero-order valence-corrected chi connectivity index (χ0v) is 16.1. The second-order valence-corrected chi connectivity index (χ2v) is 7.11. The molecule has 0 saturated heterocycles. The van der Waals surface area contributed by atoms with Gasteiger partial charge in [-0.1, -0.05) is 47.1 Å². The van der Waals surface area contributed by atoms with Gasteiger partial charge in [0.05, 0.1) is 23.4 Å². The van der Waals surface area contributed by atoms with Crippen LogP contribution in [-0.2, 0) is 6.54 Å². The lowest BCUT2D eigenvalue weighted by Gasteiger charge is -2.08. The topological polar surface area (TPSA) is 94.0 Å². The molecule has 1 N–H and O–H groups in total. The Hall–Kier alpha value is -3.65. The molecule has 0 aliphatic heterocycles. The first-order chi connectivity index (χ1) is 14.1. The summed E-state index contributed by atoms with van der Waals surface area (Å²) in [6.07, 6.45) is 0. The van der Waals surface area contributed by atoms with E-state index in [0.717, 1.165) is 28.2 Å². The Labute approximate surface area is 169 Å². The molecule has 0 aliphatic carbocycles. The Bertz CT molecular complexity index is 1380. The first kappa shape index (κ1) is 17.4. The highest BCUT2D eigenvalue weighted by molar-refractivity contribution is 6.31. The maximum absolute atomic E-state index is 11.2. The van der Waals surface area contributed by atoms with Crippen molar-refractivity contribution in [1.82, 2.24) is 29.5 Å². The predicted octanol–water partition coefficient (Wildman–Crippen LogP) is 3.55. The summed E-state index contributed by atoms with van der Waals surface area (Å²) in [6, 6.07) is 17.6. The summed E-state index contributed by atoms with van der Waals surface area (Å²) in [7, 11) is 0. The summed E-state index contributed by atoms with van der Waals surface area (Å²) in [5.41, 5.74) is 5.10. The molecule has 0 bridgehead atoms. The number of aromatic amines is 1. The standard InChI is InChI=1S/C20H15ClN6O2/c1-12-7-18(19-22-20(28)29-25-19)23-26(12)11-16-9-14(21)8-15-10-17(24-27(15)16)13-5-3-2-4-6-13/h2-10H,11H2,1H3,(H,22,25,28). The number of rotatable bonds is 4. The van der Waals surface area contributed by atoms with Crippen LogP contribution >= 0.6 is 11.6 Å². The number of nitrogens with one attached hydrogen (secondary N) is 1. The van der Waals surface area contributed by atoms with Crippen LogP contribution < -0.4 is 5.76 Å². The van der Waals surface area contributed by atoms with Gasteiger partial charge < -0.3 is 0 Å². The normalized spacial score (nSPS) is 11.4. The monoisotopic (exact) mass is 406 g/mol. The molecule has 4 heterocycles. The van der Waals surface area contributed by atoms with Crippen LogP contribution in [0.2, 0.25) is 5.02 Å². The van der Waals surface area contributed by atoms with Crippen molar-refractivity contribution >= 4 is 17.1 Å². The van der Waals surface area contributed by atoms with E-state index in [1.165, 1.54) is 0 Å². The number of nitrogens with zero attached hydrogens (tertiary/aromatic N) is 5. The molecule has 0 aliphatic rings. The predicted molar refractivity (Wildman–Crippen MR) is 108 cm³/mol. The minimum atomic E-state index is -0.617. The molecule has 8 nitrogen and oxygen atoms in total. The number of aromatic nitrogens is 6. The highest BCUT2D eigenvalue weighted by Crippen LogP contribution is 2.24. The molecule has 29 heavy (non-hydrogen) atoms. The molecule has 0 radical (unpaired) electrons. The fraction of sp³-hybridized carbons (Fsp3) is 0.100. The van der Waals surface area contributed by atoms with Gasteiger partial charge in [0, 0.05) is 16.3 Å². The van der Waals surface area contributed by atoms with Gasteiger partial charge in [-0.15, -0.1) is 0 Å². The SMILES string of the molecule is Cc1cc(-c2noc(=O)[nH]2)nn1Cc1cc(Cl)cc2cc(-c3ccccc3)nn12. The van der Waals surface area contributed by atoms with E-state index >= 15 is 0 Å². The molecule has 144 valence electrons. The average Bonchev–Trinajstić information content (AvgIpc) is 3.41. The first-order valence-corrected chi connectivity index (χ1v) is 9.29. The number of pyridine rings is 1. The van der Waals surface area contributed by atoms with Gasteiger partial charge in [-0.3, -0.25) is 14.2 Å². The van der Waals surface area contributed by atoms with Crippen molar-refractivity contribution in [3.8, 4) is 22.8 Å². The van der Waals surface area contributed by atoms with Crippen LogP contribution in [0.4, 0.5) is 0 Å². The summed E-state index contributed by atoms with van der Waals surface area (Å²) >= 11 is 6.36. The molecule has 0 atom stereocenters. The first-order valence-electron chi connectivity index (χ1n) is 8.91. The van der Waals surface area contributed by atoms with Crippen LogP contribution in [0.15, 0.2) is 63.9 Å². The summed E-state index contributed by atoms with van der Waals surface area (Å²) < 4.78 is 8.23. The molecule has 4 aromatic heterocycles. The second kappa shape index (κ2) is 6.75. The van der Waals surface area contributed by atoms with Crippen molar-refractivity contribution in [3.63, 3.8) is 0 Å². The van der Waals surface area contributed by atoms with Crippen molar-refractivity contribution in [2.75, 3.05) is 0 Å². The van der Waals surface area contributed by atoms with Gasteiger partial charge >= 0.3 is 5.76 Å². The summed E-state index contributed by atoms with van der Waals surface area (Å²) in [6.45, 7) is 2.37. The number of H-pyrrole nitrogens is 1. The van der Waals surface area contributed by atoms with E-state index in [0.29, 0.717) is 23.1 Å². The third kappa shape index (κ3) is 3.23. The van der Waals surface area contributed by atoms with Crippen molar-refractivity contribution < 1.29 is 4.52 Å². The fourth-order valence-corrected chi connectivity index (χ4v) is 3.51. The molecule has 0 amide bonds. The lowest BCUT2D eigenvalue weighted by molar-refractivity contribution is 0.387. The maximum Gasteiger partial charge on any atom is 0.439 e. The minimum Gasteiger partial charge on any atom is -0.296 e. The van der Waals surface area contributed by atoms with Gasteiger partial charge in [-0.25, -0.2) is 9.31 Å². The third-order valence-electron chi connectivity index (χ3n) is 4.64. The Balaban J connectivity index is 1.56. The maximum atomic E-state index is 11.2. The minimum absolute atomic E-state index is 0.290. The zero-order valence-electron chi connectivity index (χ0n) is 15.3. The molecule has 1 aromatic carbocycles. The number of halogens is 1. The van der Waals surface area contributed by atoms with E-state index in [4.69, 9.17) is 16.7 Å². The van der Waals surface area contributed by atoms with Crippen molar-refractivity contribution in [2.24, 2.45) is 0 Å². The highest BCUT2D eigenvalue weighted by Gasteiger charge is 2.14. The van der Waals surface area contributed by atoms with E-state index < -0.39 is 5.76 Å². The largest absolute Gasteiger partial charge is 0.439 e. The third-order valence-corrected chi connectivity index (χ3v) is 4.86. The van der Waals surface area contributed by atoms with Gasteiger partial charge in [0.15, 0.2) is 0 Å². The Morgan fingerprint density at radius 2 is 1.90 bits per heavy atom. The van der Waals surface area contributed by atoms with E-state index in [9.17, 15) is 4.79 Å². The van der Waals surface area contributed by atoms with Gasteiger partial charge in [-0.05, 0) is 31.2 Å². The smallest absolute Gasteiger partial charge is 0.296 e. The van der Waals surface area contributed by atoms with Crippen molar-refractivity contribution in [1.29, 1.82) is 0 Å². The number of hydrogen-bond acceptors (Lipinski definition) is 5. The number of benzene rings is 1. The van der Waals surface area contributed by atoms with Crippen LogP contribution in [0, 0.1) is 6.92 Å². The summed E-state index contributed by atoms with van der Waals surface area (Å²) in [5, 5.41) is 13.6. The average molecular weight is 407 g/mol. The van der Waals surface area contributed by atoms with E-state index in [-0.39, 0.29) is 0 Å². The lowest BCUT2D eigenvalue weighted by atomic mass is 10.1. The molecule has 9 heteroatoms. The molecule has 5 aromatic rings. The molecule has 0 fully saturated rings. The van der Waals surface area contributed by atoms with Gasteiger partial charge in [0.2, 0.25) is 5.82 Å². The molecule has 5 rings (SSSR count). The molecule has 0 spiro atoms. The van der Waals surface area contributed by atoms with Crippen LogP contribution in [-0.4, -0.2) is 29.5 Å². The fourth-order valence-electron chi connectivity index (χ4n) is 3.27. The van der Waals surface area contributed by atoms with Gasteiger partial charge in [-0.2, -0.15) is 10.2 Å². The van der Waals surface area contributed by atoms with E-state index in [2.05, 4.69) is 19.8 Å². The summed E-state index contributed by atoms with van der Waals surface area (Å²) in [4.78, 5) is 13.7. The Morgan fingerprint density at radius 1 is 1.07 bits per heavy atom. The molecule has 0 saturated carbocycles. The van der Waals surface area contributed by atoms with E-state index in [1.54, 1.807) is 4.68 Å². The Kier molecular flexibility index (Phi) is 4.06. The quantitative estimate of drug-likeness (QED) is 0.492. The summed E-state index contributed by atoms with van der Waals surface area (Å²) in [5.74, 6) is -0.327. The van der Waals surface area contributed by atoms with Crippen LogP contribution in [0.5, 0.6) is 0 Å². The van der Waals surface area contributed by atoms with Gasteiger partial charge in [0.1, 0.15) is 5.69 Å². The number of fused-ring (bicyclic) bond motifs is 1. The van der Waals surface area contributed by atoms with Crippen LogP contribution in [0.1, 0.15) is 11.4 Å². The number of hydrogen-bond donors (Lipinski definition) is 1. The molecule has 0 unspecified atom stereocenters. The zero-order chi connectivity index (χ0) is 20.0. The van der Waals surface area contributed by atoms with Crippen molar-refractivity contribution in [2.45, 2.75) is 13.5 Å². The molecular formula is C20H15ClN6O2. The second-order valence-electron chi connectivity index (χ2n) is 6.67. The highest BCUT2D eigenvalue weighted by atomic mass is 35.5. The van der Waals surface area contributed by atoms with Crippen molar-refractivity contribution in [3.05, 3.63) is 81.6 Å². The van der Waals surface area contributed by atoms with Crippen LogP contribution in [0.3, 0.4) is 0 Å².